The Morgan fingerprint density at radius 3 is 2.73 bits per heavy atom. The van der Waals surface area contributed by atoms with Crippen LogP contribution in [0.5, 0.6) is 0 Å². The SMILES string of the molecule is CCC1OCC(C)=CN1C1CCCCC1. The van der Waals surface area contributed by atoms with Gasteiger partial charge in [0.05, 0.1) is 6.61 Å². The molecular formula is C13H23NO. The van der Waals surface area contributed by atoms with E-state index >= 15 is 0 Å². The molecule has 1 aliphatic carbocycles. The summed E-state index contributed by atoms with van der Waals surface area (Å²) in [5.41, 5.74) is 1.37. The van der Waals surface area contributed by atoms with Crippen LogP contribution in [-0.2, 0) is 4.74 Å². The average Bonchev–Trinajstić information content (AvgIpc) is 2.30. The van der Waals surface area contributed by atoms with Crippen LogP contribution in [0.4, 0.5) is 0 Å². The van der Waals surface area contributed by atoms with Gasteiger partial charge in [-0.05, 0) is 31.8 Å². The van der Waals surface area contributed by atoms with Crippen LogP contribution in [0.25, 0.3) is 0 Å². The highest BCUT2D eigenvalue weighted by molar-refractivity contribution is 5.03. The minimum Gasteiger partial charge on any atom is -0.354 e. The molecule has 0 amide bonds. The van der Waals surface area contributed by atoms with Gasteiger partial charge in [-0.3, -0.25) is 0 Å². The number of hydrogen-bond donors (Lipinski definition) is 0. The van der Waals surface area contributed by atoms with Gasteiger partial charge in [-0.15, -0.1) is 0 Å². The van der Waals surface area contributed by atoms with E-state index in [0.717, 1.165) is 19.1 Å². The smallest absolute Gasteiger partial charge is 0.130 e. The Kier molecular flexibility index (Phi) is 3.68. The van der Waals surface area contributed by atoms with Gasteiger partial charge in [0.15, 0.2) is 0 Å². The summed E-state index contributed by atoms with van der Waals surface area (Å²) in [6.07, 6.45) is 10.7. The van der Waals surface area contributed by atoms with E-state index in [1.807, 2.05) is 0 Å². The van der Waals surface area contributed by atoms with Crippen molar-refractivity contribution in [3.05, 3.63) is 11.8 Å². The summed E-state index contributed by atoms with van der Waals surface area (Å²) in [6, 6.07) is 0.735. The van der Waals surface area contributed by atoms with Gasteiger partial charge in [-0.2, -0.15) is 0 Å². The van der Waals surface area contributed by atoms with Crippen molar-refractivity contribution in [1.29, 1.82) is 0 Å². The maximum absolute atomic E-state index is 5.86. The van der Waals surface area contributed by atoms with E-state index in [0.29, 0.717) is 6.23 Å². The summed E-state index contributed by atoms with van der Waals surface area (Å²) in [6.45, 7) is 5.21. The Balaban J connectivity index is 2.05. The standard InChI is InChI=1S/C13H23NO/c1-3-13-14(9-11(2)10-15-13)12-7-5-4-6-8-12/h9,12-13H,3-8,10H2,1-2H3. The molecule has 1 heterocycles. The molecule has 0 aromatic heterocycles. The first-order valence-corrected chi connectivity index (χ1v) is 6.37. The van der Waals surface area contributed by atoms with Crippen molar-refractivity contribution >= 4 is 0 Å². The predicted molar refractivity (Wildman–Crippen MR) is 62.5 cm³/mol. The van der Waals surface area contributed by atoms with Crippen LogP contribution in [0.1, 0.15) is 52.4 Å². The van der Waals surface area contributed by atoms with Gasteiger partial charge >= 0.3 is 0 Å². The first-order chi connectivity index (χ1) is 7.31. The highest BCUT2D eigenvalue weighted by Gasteiger charge is 2.27. The Bertz CT molecular complexity index is 231. The lowest BCUT2D eigenvalue weighted by atomic mass is 9.93. The van der Waals surface area contributed by atoms with E-state index in [4.69, 9.17) is 4.74 Å². The van der Waals surface area contributed by atoms with Crippen molar-refractivity contribution in [2.75, 3.05) is 6.61 Å². The molecule has 1 unspecified atom stereocenters. The molecule has 0 radical (unpaired) electrons. The Labute approximate surface area is 93.3 Å². The zero-order valence-electron chi connectivity index (χ0n) is 10.0. The Morgan fingerprint density at radius 1 is 1.33 bits per heavy atom. The largest absolute Gasteiger partial charge is 0.354 e. The molecule has 15 heavy (non-hydrogen) atoms. The van der Waals surface area contributed by atoms with Gasteiger partial charge in [-0.25, -0.2) is 0 Å². The molecule has 1 atom stereocenters. The zero-order valence-corrected chi connectivity index (χ0v) is 10.0. The molecule has 0 spiro atoms. The van der Waals surface area contributed by atoms with Gasteiger partial charge in [0, 0.05) is 12.2 Å². The molecule has 1 fully saturated rings. The molecule has 0 saturated heterocycles. The average molecular weight is 209 g/mol. The molecule has 2 rings (SSSR count). The van der Waals surface area contributed by atoms with Crippen LogP contribution in [0.3, 0.4) is 0 Å². The molecule has 0 N–H and O–H groups in total. The fourth-order valence-electron chi connectivity index (χ4n) is 2.74. The van der Waals surface area contributed by atoms with Gasteiger partial charge < -0.3 is 9.64 Å². The van der Waals surface area contributed by atoms with Gasteiger partial charge in [0.1, 0.15) is 6.23 Å². The van der Waals surface area contributed by atoms with Crippen molar-refractivity contribution in [3.8, 4) is 0 Å². The van der Waals surface area contributed by atoms with Gasteiger partial charge in [0.25, 0.3) is 0 Å². The maximum atomic E-state index is 5.86. The molecule has 86 valence electrons. The lowest BCUT2D eigenvalue weighted by Gasteiger charge is -2.41. The lowest BCUT2D eigenvalue weighted by molar-refractivity contribution is -0.0669. The summed E-state index contributed by atoms with van der Waals surface area (Å²) < 4.78 is 5.86. The maximum Gasteiger partial charge on any atom is 0.130 e. The third-order valence-electron chi connectivity index (χ3n) is 3.55. The Hall–Kier alpha value is -0.500. The molecular weight excluding hydrogens is 186 g/mol. The highest BCUT2D eigenvalue weighted by Crippen LogP contribution is 2.28. The van der Waals surface area contributed by atoms with Crippen LogP contribution in [0, 0.1) is 0 Å². The fourth-order valence-corrected chi connectivity index (χ4v) is 2.74. The van der Waals surface area contributed by atoms with E-state index in [1.165, 1.54) is 37.7 Å². The van der Waals surface area contributed by atoms with Crippen LogP contribution in [0.15, 0.2) is 11.8 Å². The van der Waals surface area contributed by atoms with Crippen molar-refractivity contribution in [2.24, 2.45) is 0 Å². The third-order valence-corrected chi connectivity index (χ3v) is 3.55. The predicted octanol–water partition coefficient (Wildman–Crippen LogP) is 3.29. The van der Waals surface area contributed by atoms with Crippen molar-refractivity contribution in [1.82, 2.24) is 4.90 Å². The number of nitrogens with zero attached hydrogens (tertiary/aromatic N) is 1. The molecule has 1 aliphatic heterocycles. The first kappa shape index (κ1) is 11.0. The Morgan fingerprint density at radius 2 is 2.07 bits per heavy atom. The van der Waals surface area contributed by atoms with Gasteiger partial charge in [0.2, 0.25) is 0 Å². The molecule has 1 saturated carbocycles. The number of ether oxygens (including phenoxy) is 1. The second-order valence-corrected chi connectivity index (χ2v) is 4.89. The quantitative estimate of drug-likeness (QED) is 0.692. The van der Waals surface area contributed by atoms with Crippen LogP contribution >= 0.6 is 0 Å². The van der Waals surface area contributed by atoms with E-state index in [1.54, 1.807) is 0 Å². The first-order valence-electron chi connectivity index (χ1n) is 6.37. The van der Waals surface area contributed by atoms with Crippen molar-refractivity contribution < 1.29 is 4.74 Å². The van der Waals surface area contributed by atoms with Crippen LogP contribution in [-0.4, -0.2) is 23.8 Å². The number of rotatable bonds is 2. The summed E-state index contributed by atoms with van der Waals surface area (Å²) in [4.78, 5) is 2.48. The van der Waals surface area contributed by atoms with Crippen molar-refractivity contribution in [2.45, 2.75) is 64.6 Å². The summed E-state index contributed by atoms with van der Waals surface area (Å²) >= 11 is 0. The molecule has 0 bridgehead atoms. The third kappa shape index (κ3) is 2.54. The van der Waals surface area contributed by atoms with E-state index in [-0.39, 0.29) is 0 Å². The monoisotopic (exact) mass is 209 g/mol. The van der Waals surface area contributed by atoms with E-state index in [2.05, 4.69) is 24.9 Å². The topological polar surface area (TPSA) is 12.5 Å². The normalized spacial score (nSPS) is 29.1. The van der Waals surface area contributed by atoms with Crippen molar-refractivity contribution in [3.63, 3.8) is 0 Å². The molecule has 2 heteroatoms. The molecule has 0 aromatic carbocycles. The summed E-state index contributed by atoms with van der Waals surface area (Å²) in [5.74, 6) is 0. The highest BCUT2D eigenvalue weighted by atomic mass is 16.5. The number of hydrogen-bond acceptors (Lipinski definition) is 2. The summed E-state index contributed by atoms with van der Waals surface area (Å²) in [7, 11) is 0. The minimum atomic E-state index is 0.330. The zero-order chi connectivity index (χ0) is 10.7. The molecule has 2 nitrogen and oxygen atoms in total. The summed E-state index contributed by atoms with van der Waals surface area (Å²) in [5, 5.41) is 0. The minimum absolute atomic E-state index is 0.330. The van der Waals surface area contributed by atoms with E-state index in [9.17, 15) is 0 Å². The fraction of sp³-hybridized carbons (Fsp3) is 0.846. The van der Waals surface area contributed by atoms with Gasteiger partial charge in [-0.1, -0.05) is 26.2 Å². The molecule has 0 aromatic rings. The van der Waals surface area contributed by atoms with Crippen LogP contribution in [0.2, 0.25) is 0 Å². The van der Waals surface area contributed by atoms with E-state index < -0.39 is 0 Å². The second-order valence-electron chi connectivity index (χ2n) is 4.89. The lowest BCUT2D eigenvalue weighted by Crippen LogP contribution is -2.44. The second kappa shape index (κ2) is 5.02. The molecule has 2 aliphatic rings. The van der Waals surface area contributed by atoms with Crippen LogP contribution < -0.4 is 0 Å².